The topological polar surface area (TPSA) is 39.9 Å². The maximum absolute atomic E-state index is 9.91. The summed E-state index contributed by atoms with van der Waals surface area (Å²) < 4.78 is 0. The third-order valence-corrected chi connectivity index (χ3v) is 4.94. The van der Waals surface area contributed by atoms with Crippen LogP contribution in [0.3, 0.4) is 0 Å². The van der Waals surface area contributed by atoms with Crippen LogP contribution in [0.1, 0.15) is 36.9 Å². The minimum atomic E-state index is -0.294. The van der Waals surface area contributed by atoms with Crippen LogP contribution in [0.5, 0.6) is 0 Å². The second-order valence-electron chi connectivity index (χ2n) is 6.64. The van der Waals surface area contributed by atoms with Crippen LogP contribution >= 0.6 is 0 Å². The molecular formula is C23H21N3. The SMILES string of the molecule is CCCCN1C=C(c2ccc3ccccc3n2)C(C#N)c2ccccc21. The van der Waals surface area contributed by atoms with Crippen molar-refractivity contribution in [1.82, 2.24) is 4.98 Å². The van der Waals surface area contributed by atoms with E-state index in [1.807, 2.05) is 36.4 Å². The molecule has 1 atom stereocenters. The Morgan fingerprint density at radius 2 is 1.85 bits per heavy atom. The van der Waals surface area contributed by atoms with Crippen molar-refractivity contribution in [2.24, 2.45) is 0 Å². The molecule has 1 aliphatic heterocycles. The largest absolute Gasteiger partial charge is 0.347 e. The number of pyridine rings is 1. The molecule has 1 aliphatic rings. The van der Waals surface area contributed by atoms with Crippen LogP contribution in [-0.2, 0) is 0 Å². The molecule has 4 rings (SSSR count). The fourth-order valence-corrected chi connectivity index (χ4v) is 3.57. The summed E-state index contributed by atoms with van der Waals surface area (Å²) in [4.78, 5) is 7.12. The molecular weight excluding hydrogens is 318 g/mol. The monoisotopic (exact) mass is 339 g/mol. The number of hydrogen-bond acceptors (Lipinski definition) is 3. The Balaban J connectivity index is 1.84. The molecule has 2 aromatic carbocycles. The van der Waals surface area contributed by atoms with E-state index < -0.39 is 0 Å². The lowest BCUT2D eigenvalue weighted by Gasteiger charge is -2.32. The molecule has 3 aromatic rings. The van der Waals surface area contributed by atoms with Gasteiger partial charge in [0.25, 0.3) is 0 Å². The van der Waals surface area contributed by atoms with Gasteiger partial charge in [0.15, 0.2) is 0 Å². The summed E-state index contributed by atoms with van der Waals surface area (Å²) in [6, 6.07) is 22.9. The number of aromatic nitrogens is 1. The molecule has 3 nitrogen and oxygen atoms in total. The number of rotatable bonds is 4. The van der Waals surface area contributed by atoms with Gasteiger partial charge in [-0.05, 0) is 30.2 Å². The number of nitriles is 1. The molecule has 0 aliphatic carbocycles. The van der Waals surface area contributed by atoms with E-state index in [0.717, 1.165) is 52.8 Å². The number of allylic oxidation sites excluding steroid dienone is 1. The molecule has 0 amide bonds. The number of nitrogens with zero attached hydrogens (tertiary/aromatic N) is 3. The summed E-state index contributed by atoms with van der Waals surface area (Å²) in [5.74, 6) is -0.294. The standard InChI is InChI=1S/C23H21N3/c1-2-3-14-26-16-20(19(15-24)18-9-5-7-11-23(18)26)22-13-12-17-8-4-6-10-21(17)25-22/h4-13,16,19H,2-3,14H2,1H3. The summed E-state index contributed by atoms with van der Waals surface area (Å²) in [6.07, 6.45) is 4.38. The van der Waals surface area contributed by atoms with Crippen LogP contribution in [0.15, 0.2) is 66.9 Å². The third-order valence-electron chi connectivity index (χ3n) is 4.94. The normalized spacial score (nSPS) is 16.1. The van der Waals surface area contributed by atoms with Crippen molar-refractivity contribution in [3.63, 3.8) is 0 Å². The minimum absolute atomic E-state index is 0.294. The zero-order valence-electron chi connectivity index (χ0n) is 14.9. The van der Waals surface area contributed by atoms with Crippen LogP contribution in [0, 0.1) is 11.3 Å². The Kier molecular flexibility index (Phi) is 4.41. The number of benzene rings is 2. The lowest BCUT2D eigenvalue weighted by Crippen LogP contribution is -2.25. The molecule has 0 spiro atoms. The Morgan fingerprint density at radius 3 is 2.69 bits per heavy atom. The van der Waals surface area contributed by atoms with E-state index >= 15 is 0 Å². The first-order valence-electron chi connectivity index (χ1n) is 9.15. The number of unbranched alkanes of at least 4 members (excludes halogenated alkanes) is 1. The van der Waals surface area contributed by atoms with Gasteiger partial charge < -0.3 is 4.90 Å². The van der Waals surface area contributed by atoms with Gasteiger partial charge >= 0.3 is 0 Å². The fraction of sp³-hybridized carbons (Fsp3) is 0.217. The van der Waals surface area contributed by atoms with Gasteiger partial charge in [0.05, 0.1) is 17.3 Å². The first-order valence-corrected chi connectivity index (χ1v) is 9.15. The molecule has 26 heavy (non-hydrogen) atoms. The highest BCUT2D eigenvalue weighted by atomic mass is 15.1. The predicted octanol–water partition coefficient (Wildman–Crippen LogP) is 5.50. The van der Waals surface area contributed by atoms with Crippen LogP contribution < -0.4 is 4.90 Å². The summed E-state index contributed by atoms with van der Waals surface area (Å²) in [6.45, 7) is 3.15. The van der Waals surface area contributed by atoms with Crippen molar-refractivity contribution in [2.75, 3.05) is 11.4 Å². The summed E-state index contributed by atoms with van der Waals surface area (Å²) in [5, 5.41) is 11.0. The Labute approximate surface area is 154 Å². The number of hydrogen-bond donors (Lipinski definition) is 0. The van der Waals surface area contributed by atoms with Gasteiger partial charge in [0, 0.05) is 29.4 Å². The molecule has 3 heteroatoms. The average Bonchev–Trinajstić information content (AvgIpc) is 2.71. The molecule has 2 heterocycles. The average molecular weight is 339 g/mol. The van der Waals surface area contributed by atoms with Crippen molar-refractivity contribution in [2.45, 2.75) is 25.7 Å². The van der Waals surface area contributed by atoms with Gasteiger partial charge in [-0.2, -0.15) is 5.26 Å². The maximum Gasteiger partial charge on any atom is 0.102 e. The predicted molar refractivity (Wildman–Crippen MR) is 107 cm³/mol. The zero-order chi connectivity index (χ0) is 17.9. The highest BCUT2D eigenvalue weighted by Gasteiger charge is 2.28. The van der Waals surface area contributed by atoms with Crippen molar-refractivity contribution >= 4 is 22.2 Å². The number of anilines is 1. The van der Waals surface area contributed by atoms with E-state index in [4.69, 9.17) is 4.98 Å². The quantitative estimate of drug-likeness (QED) is 0.630. The van der Waals surface area contributed by atoms with Gasteiger partial charge in [0.2, 0.25) is 0 Å². The lowest BCUT2D eigenvalue weighted by atomic mass is 9.86. The van der Waals surface area contributed by atoms with E-state index in [9.17, 15) is 5.26 Å². The van der Waals surface area contributed by atoms with E-state index in [1.165, 1.54) is 0 Å². The summed E-state index contributed by atoms with van der Waals surface area (Å²) in [7, 11) is 0. The van der Waals surface area contributed by atoms with E-state index in [0.29, 0.717) is 0 Å². The van der Waals surface area contributed by atoms with Crippen molar-refractivity contribution in [1.29, 1.82) is 5.26 Å². The van der Waals surface area contributed by atoms with E-state index in [2.05, 4.69) is 48.4 Å². The highest BCUT2D eigenvalue weighted by molar-refractivity contribution is 5.85. The van der Waals surface area contributed by atoms with E-state index in [-0.39, 0.29) is 5.92 Å². The van der Waals surface area contributed by atoms with Crippen molar-refractivity contribution < 1.29 is 0 Å². The van der Waals surface area contributed by atoms with Crippen LogP contribution in [0.4, 0.5) is 5.69 Å². The second kappa shape index (κ2) is 7.01. The second-order valence-corrected chi connectivity index (χ2v) is 6.64. The molecule has 1 aromatic heterocycles. The van der Waals surface area contributed by atoms with Crippen LogP contribution in [-0.4, -0.2) is 11.5 Å². The van der Waals surface area contributed by atoms with Gasteiger partial charge in [-0.1, -0.05) is 55.8 Å². The minimum Gasteiger partial charge on any atom is -0.347 e. The molecule has 0 saturated carbocycles. The van der Waals surface area contributed by atoms with Gasteiger partial charge in [0.1, 0.15) is 5.92 Å². The highest BCUT2D eigenvalue weighted by Crippen LogP contribution is 2.41. The summed E-state index contributed by atoms with van der Waals surface area (Å²) >= 11 is 0. The smallest absolute Gasteiger partial charge is 0.102 e. The molecule has 0 N–H and O–H groups in total. The van der Waals surface area contributed by atoms with Crippen molar-refractivity contribution in [3.8, 4) is 6.07 Å². The zero-order valence-corrected chi connectivity index (χ0v) is 14.9. The first kappa shape index (κ1) is 16.4. The molecule has 0 fully saturated rings. The molecule has 0 radical (unpaired) electrons. The lowest BCUT2D eigenvalue weighted by molar-refractivity contribution is 0.774. The van der Waals surface area contributed by atoms with Gasteiger partial charge in [-0.3, -0.25) is 0 Å². The maximum atomic E-state index is 9.91. The first-order chi connectivity index (χ1) is 12.8. The molecule has 0 bridgehead atoms. The van der Waals surface area contributed by atoms with Gasteiger partial charge in [-0.25, -0.2) is 4.98 Å². The molecule has 128 valence electrons. The number of fused-ring (bicyclic) bond motifs is 2. The summed E-state index contributed by atoms with van der Waals surface area (Å²) in [5.41, 5.74) is 5.02. The Hall–Kier alpha value is -3.12. The Bertz CT molecular complexity index is 1010. The van der Waals surface area contributed by atoms with Gasteiger partial charge in [-0.15, -0.1) is 0 Å². The van der Waals surface area contributed by atoms with E-state index in [1.54, 1.807) is 0 Å². The molecule has 1 unspecified atom stereocenters. The van der Waals surface area contributed by atoms with Crippen molar-refractivity contribution in [3.05, 3.63) is 78.1 Å². The van der Waals surface area contributed by atoms with Crippen LogP contribution in [0.2, 0.25) is 0 Å². The molecule has 0 saturated heterocycles. The van der Waals surface area contributed by atoms with Crippen LogP contribution in [0.25, 0.3) is 16.5 Å². The third kappa shape index (κ3) is 2.84. The fourth-order valence-electron chi connectivity index (χ4n) is 3.57. The Morgan fingerprint density at radius 1 is 1.04 bits per heavy atom. The number of para-hydroxylation sites is 2.